The molecule has 1 rings (SSSR count). The fraction of sp³-hybridized carbons (Fsp3) is 0.375. The van der Waals surface area contributed by atoms with Gasteiger partial charge in [0.25, 0.3) is 0 Å². The van der Waals surface area contributed by atoms with Crippen molar-refractivity contribution in [2.24, 2.45) is 0 Å². The fourth-order valence-corrected chi connectivity index (χ4v) is 1.70. The van der Waals surface area contributed by atoms with E-state index in [9.17, 15) is 9.59 Å². The van der Waals surface area contributed by atoms with Gasteiger partial charge in [-0.1, -0.05) is 29.8 Å². The molecule has 0 aromatic heterocycles. The van der Waals surface area contributed by atoms with Crippen molar-refractivity contribution in [3.63, 3.8) is 0 Å². The molecule has 0 saturated carbocycles. The van der Waals surface area contributed by atoms with Crippen LogP contribution in [0.15, 0.2) is 29.8 Å². The number of methoxy groups -OCH3 is 1. The monoisotopic (exact) mass is 276 g/mol. The maximum Gasteiger partial charge on any atom is 0.333 e. The molecule has 0 atom stereocenters. The highest BCUT2D eigenvalue weighted by molar-refractivity contribution is 5.94. The third-order valence-corrected chi connectivity index (χ3v) is 2.77. The standard InChI is InChI=1S/C16H20O4/c1-4-20-15(17)10-9-14(16(18)19-3)11-13-7-5-12(2)6-8-13/h5-8,11H,4,9-10H2,1-3H3/b14-11+. The van der Waals surface area contributed by atoms with Crippen LogP contribution in [0.1, 0.15) is 30.9 Å². The molecule has 0 bridgehead atoms. The Morgan fingerprint density at radius 3 is 2.35 bits per heavy atom. The number of rotatable bonds is 6. The van der Waals surface area contributed by atoms with Crippen LogP contribution < -0.4 is 0 Å². The quantitative estimate of drug-likeness (QED) is 0.592. The highest BCUT2D eigenvalue weighted by atomic mass is 16.5. The fourth-order valence-electron chi connectivity index (χ4n) is 1.70. The zero-order valence-electron chi connectivity index (χ0n) is 12.1. The molecule has 20 heavy (non-hydrogen) atoms. The summed E-state index contributed by atoms with van der Waals surface area (Å²) in [5.74, 6) is -0.735. The second kappa shape index (κ2) is 8.15. The molecule has 4 nitrogen and oxygen atoms in total. The Kier molecular flexibility index (Phi) is 6.50. The van der Waals surface area contributed by atoms with Crippen molar-refractivity contribution >= 4 is 18.0 Å². The van der Waals surface area contributed by atoms with E-state index in [1.807, 2.05) is 31.2 Å². The van der Waals surface area contributed by atoms with Crippen LogP contribution in [0, 0.1) is 6.92 Å². The summed E-state index contributed by atoms with van der Waals surface area (Å²) in [6.07, 6.45) is 2.21. The van der Waals surface area contributed by atoms with Crippen LogP contribution in [0.3, 0.4) is 0 Å². The summed E-state index contributed by atoms with van der Waals surface area (Å²) >= 11 is 0. The minimum absolute atomic E-state index is 0.167. The van der Waals surface area contributed by atoms with Crippen molar-refractivity contribution in [1.29, 1.82) is 0 Å². The summed E-state index contributed by atoms with van der Waals surface area (Å²) in [5, 5.41) is 0. The first-order valence-electron chi connectivity index (χ1n) is 6.58. The van der Waals surface area contributed by atoms with Crippen LogP contribution in [-0.2, 0) is 19.1 Å². The van der Waals surface area contributed by atoms with Gasteiger partial charge in [-0.3, -0.25) is 4.79 Å². The molecule has 0 fully saturated rings. The van der Waals surface area contributed by atoms with Crippen LogP contribution in [-0.4, -0.2) is 25.7 Å². The van der Waals surface area contributed by atoms with Gasteiger partial charge in [-0.15, -0.1) is 0 Å². The molecular weight excluding hydrogens is 256 g/mol. The second-order valence-corrected chi connectivity index (χ2v) is 4.38. The van der Waals surface area contributed by atoms with Crippen LogP contribution in [0.2, 0.25) is 0 Å². The number of carbonyl (C=O) groups excluding carboxylic acids is 2. The van der Waals surface area contributed by atoms with E-state index in [0.29, 0.717) is 18.6 Å². The number of aryl methyl sites for hydroxylation is 1. The van der Waals surface area contributed by atoms with Crippen LogP contribution >= 0.6 is 0 Å². The van der Waals surface area contributed by atoms with Gasteiger partial charge in [0.2, 0.25) is 0 Å². The maximum atomic E-state index is 11.7. The molecule has 0 amide bonds. The first kappa shape index (κ1) is 16.0. The predicted molar refractivity (Wildman–Crippen MR) is 77.0 cm³/mol. The van der Waals surface area contributed by atoms with Crippen molar-refractivity contribution in [2.75, 3.05) is 13.7 Å². The van der Waals surface area contributed by atoms with Crippen LogP contribution in [0.5, 0.6) is 0 Å². The van der Waals surface area contributed by atoms with Gasteiger partial charge >= 0.3 is 11.9 Å². The molecule has 0 aliphatic heterocycles. The molecular formula is C16H20O4. The number of esters is 2. The zero-order chi connectivity index (χ0) is 15.0. The lowest BCUT2D eigenvalue weighted by Crippen LogP contribution is -2.09. The van der Waals surface area contributed by atoms with Gasteiger partial charge in [-0.05, 0) is 31.9 Å². The largest absolute Gasteiger partial charge is 0.466 e. The Bertz CT molecular complexity index is 486. The highest BCUT2D eigenvalue weighted by Crippen LogP contribution is 2.14. The van der Waals surface area contributed by atoms with Crippen LogP contribution in [0.4, 0.5) is 0 Å². The molecule has 0 spiro atoms. The van der Waals surface area contributed by atoms with Crippen molar-refractivity contribution in [1.82, 2.24) is 0 Å². The summed E-state index contributed by atoms with van der Waals surface area (Å²) in [5.41, 5.74) is 2.51. The number of carbonyl (C=O) groups is 2. The predicted octanol–water partition coefficient (Wildman–Crippen LogP) is 2.89. The average Bonchev–Trinajstić information content (AvgIpc) is 2.45. The average molecular weight is 276 g/mol. The molecule has 0 aliphatic carbocycles. The van der Waals surface area contributed by atoms with E-state index in [0.717, 1.165) is 11.1 Å². The van der Waals surface area contributed by atoms with Gasteiger partial charge in [0.15, 0.2) is 0 Å². The summed E-state index contributed by atoms with van der Waals surface area (Å²) in [7, 11) is 1.33. The minimum Gasteiger partial charge on any atom is -0.466 e. The van der Waals surface area contributed by atoms with Gasteiger partial charge in [-0.2, -0.15) is 0 Å². The van der Waals surface area contributed by atoms with Gasteiger partial charge in [-0.25, -0.2) is 4.79 Å². The van der Waals surface area contributed by atoms with Crippen molar-refractivity contribution in [3.8, 4) is 0 Å². The molecule has 4 heteroatoms. The molecule has 0 N–H and O–H groups in total. The highest BCUT2D eigenvalue weighted by Gasteiger charge is 2.12. The Balaban J connectivity index is 2.81. The number of benzene rings is 1. The first-order chi connectivity index (χ1) is 9.56. The van der Waals surface area contributed by atoms with E-state index in [4.69, 9.17) is 9.47 Å². The smallest absolute Gasteiger partial charge is 0.333 e. The number of hydrogen-bond donors (Lipinski definition) is 0. The Morgan fingerprint density at radius 2 is 1.80 bits per heavy atom. The molecule has 108 valence electrons. The summed E-state index contributed by atoms with van der Waals surface area (Å²) in [6.45, 7) is 4.09. The zero-order valence-corrected chi connectivity index (χ0v) is 12.1. The molecule has 0 aliphatic rings. The van der Waals surface area contributed by atoms with Gasteiger partial charge < -0.3 is 9.47 Å². The number of hydrogen-bond acceptors (Lipinski definition) is 4. The lowest BCUT2D eigenvalue weighted by Gasteiger charge is -2.06. The molecule has 0 saturated heterocycles. The number of ether oxygens (including phenoxy) is 2. The lowest BCUT2D eigenvalue weighted by atomic mass is 10.1. The third-order valence-electron chi connectivity index (χ3n) is 2.77. The van der Waals surface area contributed by atoms with E-state index in [1.54, 1.807) is 13.0 Å². The van der Waals surface area contributed by atoms with E-state index < -0.39 is 5.97 Å². The van der Waals surface area contributed by atoms with Gasteiger partial charge in [0.1, 0.15) is 0 Å². The second-order valence-electron chi connectivity index (χ2n) is 4.38. The topological polar surface area (TPSA) is 52.6 Å². The molecule has 0 unspecified atom stereocenters. The van der Waals surface area contributed by atoms with E-state index in [-0.39, 0.29) is 12.4 Å². The summed E-state index contributed by atoms with van der Waals surface area (Å²) in [6, 6.07) is 7.77. The van der Waals surface area contributed by atoms with Crippen molar-refractivity contribution in [3.05, 3.63) is 41.0 Å². The summed E-state index contributed by atoms with van der Waals surface area (Å²) < 4.78 is 9.59. The molecule has 1 aromatic rings. The van der Waals surface area contributed by atoms with Gasteiger partial charge in [0, 0.05) is 12.0 Å². The Morgan fingerprint density at radius 1 is 1.15 bits per heavy atom. The Hall–Kier alpha value is -2.10. The van der Waals surface area contributed by atoms with Crippen molar-refractivity contribution < 1.29 is 19.1 Å². The maximum absolute atomic E-state index is 11.7. The summed E-state index contributed by atoms with van der Waals surface area (Å²) in [4.78, 5) is 23.1. The molecule has 1 aromatic carbocycles. The van der Waals surface area contributed by atoms with E-state index in [1.165, 1.54) is 7.11 Å². The molecule has 0 radical (unpaired) electrons. The normalized spacial score (nSPS) is 11.1. The van der Waals surface area contributed by atoms with E-state index in [2.05, 4.69) is 0 Å². The Labute approximate surface area is 119 Å². The minimum atomic E-state index is -0.421. The van der Waals surface area contributed by atoms with Gasteiger partial charge in [0.05, 0.1) is 13.7 Å². The lowest BCUT2D eigenvalue weighted by molar-refractivity contribution is -0.143. The first-order valence-corrected chi connectivity index (χ1v) is 6.58. The van der Waals surface area contributed by atoms with Crippen molar-refractivity contribution in [2.45, 2.75) is 26.7 Å². The van der Waals surface area contributed by atoms with Crippen LogP contribution in [0.25, 0.3) is 6.08 Å². The third kappa shape index (κ3) is 5.26. The van der Waals surface area contributed by atoms with E-state index >= 15 is 0 Å². The molecule has 0 heterocycles. The SMILES string of the molecule is CCOC(=O)CC/C(=C\c1ccc(C)cc1)C(=O)OC.